The highest BCUT2D eigenvalue weighted by atomic mass is 19.1. The zero-order chi connectivity index (χ0) is 14.5. The van der Waals surface area contributed by atoms with Crippen molar-refractivity contribution in [2.45, 2.75) is 25.8 Å². The normalized spacial score (nSPS) is 19.6. The molecular formula is C15H19FN2O2. The van der Waals surface area contributed by atoms with Gasteiger partial charge >= 0.3 is 0 Å². The van der Waals surface area contributed by atoms with Crippen LogP contribution in [0.25, 0.3) is 0 Å². The van der Waals surface area contributed by atoms with Crippen LogP contribution in [0.3, 0.4) is 0 Å². The van der Waals surface area contributed by atoms with Crippen molar-refractivity contribution in [1.29, 1.82) is 0 Å². The number of carbonyl (C=O) groups excluding carboxylic acids is 2. The van der Waals surface area contributed by atoms with E-state index in [1.165, 1.54) is 18.2 Å². The molecule has 1 amide bonds. The fourth-order valence-corrected chi connectivity index (χ4v) is 2.36. The standard InChI is InChI=1S/C15H19FN2O2/c1-10(7-14(19)18-13-5-6-17-9-13)15(20)11-3-2-4-12(16)8-11/h2-4,8,10,13,17H,5-7,9H2,1H3,(H,18,19). The number of rotatable bonds is 5. The summed E-state index contributed by atoms with van der Waals surface area (Å²) in [4.78, 5) is 24.0. The average molecular weight is 278 g/mol. The largest absolute Gasteiger partial charge is 0.352 e. The van der Waals surface area contributed by atoms with E-state index in [2.05, 4.69) is 10.6 Å². The Kier molecular flexibility index (Phi) is 4.84. The molecule has 2 unspecified atom stereocenters. The molecule has 4 nitrogen and oxygen atoms in total. The van der Waals surface area contributed by atoms with Gasteiger partial charge in [0.15, 0.2) is 5.78 Å². The van der Waals surface area contributed by atoms with Gasteiger partial charge in [0.1, 0.15) is 5.82 Å². The molecule has 1 aliphatic heterocycles. The van der Waals surface area contributed by atoms with Crippen molar-refractivity contribution in [1.82, 2.24) is 10.6 Å². The number of hydrogen-bond donors (Lipinski definition) is 2. The molecule has 0 bridgehead atoms. The Morgan fingerprint density at radius 3 is 2.95 bits per heavy atom. The van der Waals surface area contributed by atoms with Gasteiger partial charge in [-0.25, -0.2) is 4.39 Å². The Hall–Kier alpha value is -1.75. The molecule has 2 rings (SSSR count). The summed E-state index contributed by atoms with van der Waals surface area (Å²) in [7, 11) is 0. The van der Waals surface area contributed by atoms with Gasteiger partial charge in [0.2, 0.25) is 5.91 Å². The molecule has 1 aliphatic rings. The number of carbonyl (C=O) groups is 2. The van der Waals surface area contributed by atoms with Crippen LogP contribution in [0, 0.1) is 11.7 Å². The van der Waals surface area contributed by atoms with Gasteiger partial charge in [-0.15, -0.1) is 0 Å². The topological polar surface area (TPSA) is 58.2 Å². The van der Waals surface area contributed by atoms with Crippen LogP contribution in [0.4, 0.5) is 4.39 Å². The fraction of sp³-hybridized carbons (Fsp3) is 0.467. The second-order valence-corrected chi connectivity index (χ2v) is 5.24. The van der Waals surface area contributed by atoms with Crippen molar-refractivity contribution in [3.05, 3.63) is 35.6 Å². The molecule has 1 aromatic rings. The molecule has 1 saturated heterocycles. The Morgan fingerprint density at radius 1 is 1.50 bits per heavy atom. The Labute approximate surface area is 117 Å². The van der Waals surface area contributed by atoms with Crippen molar-refractivity contribution in [3.8, 4) is 0 Å². The van der Waals surface area contributed by atoms with Gasteiger partial charge in [0, 0.05) is 30.5 Å². The lowest BCUT2D eigenvalue weighted by molar-refractivity contribution is -0.122. The molecular weight excluding hydrogens is 259 g/mol. The summed E-state index contributed by atoms with van der Waals surface area (Å²) >= 11 is 0. The molecule has 5 heteroatoms. The van der Waals surface area contributed by atoms with E-state index in [4.69, 9.17) is 0 Å². The summed E-state index contributed by atoms with van der Waals surface area (Å²) in [5, 5.41) is 6.06. The number of ketones is 1. The smallest absolute Gasteiger partial charge is 0.220 e. The van der Waals surface area contributed by atoms with E-state index in [9.17, 15) is 14.0 Å². The first kappa shape index (κ1) is 14.7. The molecule has 0 radical (unpaired) electrons. The average Bonchev–Trinajstić information content (AvgIpc) is 2.90. The maximum absolute atomic E-state index is 13.1. The van der Waals surface area contributed by atoms with Crippen LogP contribution in [0.15, 0.2) is 24.3 Å². The second-order valence-electron chi connectivity index (χ2n) is 5.24. The number of halogens is 1. The minimum atomic E-state index is -0.453. The number of amides is 1. The first-order valence-electron chi connectivity index (χ1n) is 6.86. The third-order valence-corrected chi connectivity index (χ3v) is 3.47. The van der Waals surface area contributed by atoms with Crippen LogP contribution in [0.5, 0.6) is 0 Å². The lowest BCUT2D eigenvalue weighted by Crippen LogP contribution is -2.37. The van der Waals surface area contributed by atoms with E-state index in [1.54, 1.807) is 13.0 Å². The predicted molar refractivity (Wildman–Crippen MR) is 73.9 cm³/mol. The molecule has 2 atom stereocenters. The van der Waals surface area contributed by atoms with Crippen molar-refractivity contribution in [3.63, 3.8) is 0 Å². The molecule has 2 N–H and O–H groups in total. The zero-order valence-electron chi connectivity index (χ0n) is 11.5. The van der Waals surface area contributed by atoms with E-state index in [0.717, 1.165) is 19.5 Å². The van der Waals surface area contributed by atoms with Gasteiger partial charge in [-0.05, 0) is 25.1 Å². The van der Waals surface area contributed by atoms with E-state index in [0.29, 0.717) is 5.56 Å². The number of nitrogens with one attached hydrogen (secondary N) is 2. The van der Waals surface area contributed by atoms with Gasteiger partial charge in [0.25, 0.3) is 0 Å². The lowest BCUT2D eigenvalue weighted by Gasteiger charge is -2.14. The highest BCUT2D eigenvalue weighted by molar-refractivity contribution is 5.99. The monoisotopic (exact) mass is 278 g/mol. The van der Waals surface area contributed by atoms with Gasteiger partial charge in [-0.1, -0.05) is 19.1 Å². The van der Waals surface area contributed by atoms with E-state index >= 15 is 0 Å². The van der Waals surface area contributed by atoms with E-state index in [1.807, 2.05) is 0 Å². The lowest BCUT2D eigenvalue weighted by atomic mass is 9.96. The van der Waals surface area contributed by atoms with Crippen molar-refractivity contribution in [2.24, 2.45) is 5.92 Å². The van der Waals surface area contributed by atoms with Crippen LogP contribution in [0.1, 0.15) is 30.1 Å². The highest BCUT2D eigenvalue weighted by Crippen LogP contribution is 2.13. The number of Topliss-reactive ketones (excluding diaryl/α,β-unsaturated/α-hetero) is 1. The third kappa shape index (κ3) is 3.87. The van der Waals surface area contributed by atoms with Gasteiger partial charge in [-0.3, -0.25) is 9.59 Å². The Morgan fingerprint density at radius 2 is 2.30 bits per heavy atom. The molecule has 0 aromatic heterocycles. The first-order chi connectivity index (χ1) is 9.56. The number of hydrogen-bond acceptors (Lipinski definition) is 3. The summed E-state index contributed by atoms with van der Waals surface area (Å²) in [6.07, 6.45) is 1.05. The molecule has 0 aliphatic carbocycles. The maximum Gasteiger partial charge on any atom is 0.220 e. The highest BCUT2D eigenvalue weighted by Gasteiger charge is 2.22. The minimum Gasteiger partial charge on any atom is -0.352 e. The van der Waals surface area contributed by atoms with Gasteiger partial charge < -0.3 is 10.6 Å². The fourth-order valence-electron chi connectivity index (χ4n) is 2.36. The van der Waals surface area contributed by atoms with Gasteiger partial charge in [-0.2, -0.15) is 0 Å². The van der Waals surface area contributed by atoms with Crippen molar-refractivity contribution < 1.29 is 14.0 Å². The minimum absolute atomic E-state index is 0.129. The zero-order valence-corrected chi connectivity index (χ0v) is 11.5. The van der Waals surface area contributed by atoms with E-state index < -0.39 is 11.7 Å². The molecule has 20 heavy (non-hydrogen) atoms. The Bertz CT molecular complexity index is 498. The predicted octanol–water partition coefficient (Wildman–Crippen LogP) is 1.51. The second kappa shape index (κ2) is 6.61. The summed E-state index contributed by atoms with van der Waals surface area (Å²) in [6, 6.07) is 5.72. The molecule has 1 fully saturated rings. The van der Waals surface area contributed by atoms with E-state index in [-0.39, 0.29) is 24.2 Å². The SMILES string of the molecule is CC(CC(=O)NC1CCNC1)C(=O)c1cccc(F)c1. The van der Waals surface area contributed by atoms with Crippen LogP contribution in [-0.4, -0.2) is 30.8 Å². The van der Waals surface area contributed by atoms with Crippen LogP contribution in [0.2, 0.25) is 0 Å². The first-order valence-corrected chi connectivity index (χ1v) is 6.86. The summed E-state index contributed by atoms with van der Waals surface area (Å²) in [5.74, 6) is -1.23. The van der Waals surface area contributed by atoms with Crippen molar-refractivity contribution in [2.75, 3.05) is 13.1 Å². The molecule has 0 spiro atoms. The molecule has 1 heterocycles. The summed E-state index contributed by atoms with van der Waals surface area (Å²) < 4.78 is 13.1. The molecule has 1 aromatic carbocycles. The third-order valence-electron chi connectivity index (χ3n) is 3.47. The Balaban J connectivity index is 1.88. The molecule has 0 saturated carbocycles. The molecule has 108 valence electrons. The van der Waals surface area contributed by atoms with Crippen molar-refractivity contribution >= 4 is 11.7 Å². The summed E-state index contributed by atoms with van der Waals surface area (Å²) in [5.41, 5.74) is 0.313. The summed E-state index contributed by atoms with van der Waals surface area (Å²) in [6.45, 7) is 3.38. The maximum atomic E-state index is 13.1. The van der Waals surface area contributed by atoms with Gasteiger partial charge in [0.05, 0.1) is 0 Å². The van der Waals surface area contributed by atoms with Crippen LogP contribution in [-0.2, 0) is 4.79 Å². The quantitative estimate of drug-likeness (QED) is 0.803. The van der Waals surface area contributed by atoms with Crippen LogP contribution < -0.4 is 10.6 Å². The number of benzene rings is 1. The van der Waals surface area contributed by atoms with Crippen LogP contribution >= 0.6 is 0 Å².